The molecule has 1 heterocycles. The summed E-state index contributed by atoms with van der Waals surface area (Å²) in [5, 5.41) is 13.4. The van der Waals surface area contributed by atoms with E-state index in [1.807, 2.05) is 0 Å². The third-order valence-corrected chi connectivity index (χ3v) is 2.33. The van der Waals surface area contributed by atoms with Crippen LogP contribution in [0.25, 0.3) is 0 Å². The molecule has 0 fully saturated rings. The molecule has 0 bridgehead atoms. The van der Waals surface area contributed by atoms with Crippen LogP contribution in [0, 0.1) is 0 Å². The summed E-state index contributed by atoms with van der Waals surface area (Å²) in [5.41, 5.74) is 0. The van der Waals surface area contributed by atoms with Crippen molar-refractivity contribution < 1.29 is 9.90 Å². The minimum Gasteiger partial charge on any atom is -0.493 e. The van der Waals surface area contributed by atoms with Crippen LogP contribution < -0.4 is 5.32 Å². The number of unbranched alkanes of at least 4 members (excludes halogenated alkanes) is 1. The molecule has 13 heavy (non-hydrogen) atoms. The molecular formula is C8H12N2O2S. The van der Waals surface area contributed by atoms with Gasteiger partial charge in [0.1, 0.15) is 0 Å². The van der Waals surface area contributed by atoms with Gasteiger partial charge in [0.15, 0.2) is 5.01 Å². The van der Waals surface area contributed by atoms with Crippen molar-refractivity contribution in [2.75, 3.05) is 6.54 Å². The van der Waals surface area contributed by atoms with E-state index in [0.29, 0.717) is 11.6 Å². The van der Waals surface area contributed by atoms with Crippen LogP contribution in [0.2, 0.25) is 0 Å². The number of hydrogen-bond donors (Lipinski definition) is 2. The molecule has 2 N–H and O–H groups in total. The number of aromatic nitrogens is 1. The third kappa shape index (κ3) is 3.02. The Kier molecular flexibility index (Phi) is 3.70. The summed E-state index contributed by atoms with van der Waals surface area (Å²) in [5.74, 6) is -0.301. The van der Waals surface area contributed by atoms with E-state index < -0.39 is 0 Å². The molecule has 0 aliphatic rings. The highest BCUT2D eigenvalue weighted by Crippen LogP contribution is 2.13. The topological polar surface area (TPSA) is 62.2 Å². The second-order valence-electron chi connectivity index (χ2n) is 2.62. The Balaban J connectivity index is 2.40. The van der Waals surface area contributed by atoms with Crippen LogP contribution in [0.5, 0.6) is 5.88 Å². The number of nitrogens with zero attached hydrogens (tertiary/aromatic N) is 1. The Hall–Kier alpha value is -1.10. The van der Waals surface area contributed by atoms with Crippen LogP contribution in [0.4, 0.5) is 0 Å². The molecule has 4 nitrogen and oxygen atoms in total. The monoisotopic (exact) mass is 200 g/mol. The number of amides is 1. The number of nitrogens with one attached hydrogen (secondary N) is 1. The lowest BCUT2D eigenvalue weighted by molar-refractivity contribution is 0.0952. The third-order valence-electron chi connectivity index (χ3n) is 1.50. The number of aromatic hydroxyl groups is 1. The molecule has 1 rings (SSSR count). The molecule has 0 radical (unpaired) electrons. The van der Waals surface area contributed by atoms with Gasteiger partial charge in [-0.2, -0.15) is 4.98 Å². The first-order chi connectivity index (χ1) is 6.24. The predicted molar refractivity (Wildman–Crippen MR) is 51.0 cm³/mol. The lowest BCUT2D eigenvalue weighted by atomic mass is 10.3. The quantitative estimate of drug-likeness (QED) is 0.722. The van der Waals surface area contributed by atoms with Crippen LogP contribution in [0.3, 0.4) is 0 Å². The second-order valence-corrected chi connectivity index (χ2v) is 3.48. The number of carbonyl (C=O) groups is 1. The van der Waals surface area contributed by atoms with E-state index in [1.54, 1.807) is 0 Å². The fraction of sp³-hybridized carbons (Fsp3) is 0.500. The largest absolute Gasteiger partial charge is 0.493 e. The molecule has 0 unspecified atom stereocenters. The molecule has 0 saturated carbocycles. The smallest absolute Gasteiger partial charge is 0.280 e. The first-order valence-corrected chi connectivity index (χ1v) is 5.04. The van der Waals surface area contributed by atoms with Crippen molar-refractivity contribution in [1.29, 1.82) is 0 Å². The van der Waals surface area contributed by atoms with Gasteiger partial charge in [-0.1, -0.05) is 13.3 Å². The van der Waals surface area contributed by atoms with Crippen molar-refractivity contribution >= 4 is 17.2 Å². The SMILES string of the molecule is CCCCNC(=O)c1nc(O)cs1. The first-order valence-electron chi connectivity index (χ1n) is 4.16. The van der Waals surface area contributed by atoms with Crippen molar-refractivity contribution in [3.8, 4) is 5.88 Å². The highest BCUT2D eigenvalue weighted by Gasteiger charge is 2.08. The minimum absolute atomic E-state index is 0.0920. The van der Waals surface area contributed by atoms with Gasteiger partial charge in [0.05, 0.1) is 5.38 Å². The van der Waals surface area contributed by atoms with Gasteiger partial charge >= 0.3 is 0 Å². The first kappa shape index (κ1) is 9.98. The molecule has 0 atom stereocenters. The standard InChI is InChI=1S/C8H12N2O2S/c1-2-3-4-9-7(12)8-10-6(11)5-13-8/h5,11H,2-4H2,1H3,(H,9,12). The van der Waals surface area contributed by atoms with E-state index in [1.165, 1.54) is 5.38 Å². The zero-order valence-corrected chi connectivity index (χ0v) is 8.23. The van der Waals surface area contributed by atoms with E-state index in [2.05, 4.69) is 17.2 Å². The van der Waals surface area contributed by atoms with E-state index >= 15 is 0 Å². The molecule has 0 aliphatic heterocycles. The minimum atomic E-state index is -0.209. The summed E-state index contributed by atoms with van der Waals surface area (Å²) >= 11 is 1.14. The molecular weight excluding hydrogens is 188 g/mol. The van der Waals surface area contributed by atoms with E-state index in [4.69, 9.17) is 5.11 Å². The molecule has 0 saturated heterocycles. The normalized spacial score (nSPS) is 9.92. The summed E-state index contributed by atoms with van der Waals surface area (Å²) in [6.07, 6.45) is 2.01. The fourth-order valence-corrected chi connectivity index (χ4v) is 1.42. The molecule has 0 aromatic carbocycles. The number of hydrogen-bond acceptors (Lipinski definition) is 4. The second kappa shape index (κ2) is 4.81. The molecule has 0 aliphatic carbocycles. The Morgan fingerprint density at radius 2 is 2.54 bits per heavy atom. The predicted octanol–water partition coefficient (Wildman–Crippen LogP) is 1.38. The molecule has 1 aromatic heterocycles. The Bertz CT molecular complexity index is 285. The van der Waals surface area contributed by atoms with Crippen molar-refractivity contribution in [2.45, 2.75) is 19.8 Å². The van der Waals surface area contributed by atoms with Gasteiger partial charge in [-0.3, -0.25) is 4.79 Å². The van der Waals surface area contributed by atoms with Gasteiger partial charge in [0, 0.05) is 6.54 Å². The number of thiazole rings is 1. The lowest BCUT2D eigenvalue weighted by Gasteiger charge is -1.99. The van der Waals surface area contributed by atoms with Crippen LogP contribution in [-0.4, -0.2) is 22.5 Å². The molecule has 5 heteroatoms. The maximum absolute atomic E-state index is 11.3. The molecule has 72 valence electrons. The average molecular weight is 200 g/mol. The van der Waals surface area contributed by atoms with E-state index in [0.717, 1.165) is 24.2 Å². The van der Waals surface area contributed by atoms with Gasteiger partial charge in [0.2, 0.25) is 5.88 Å². The lowest BCUT2D eigenvalue weighted by Crippen LogP contribution is -2.24. The Morgan fingerprint density at radius 3 is 3.08 bits per heavy atom. The highest BCUT2D eigenvalue weighted by atomic mass is 32.1. The zero-order chi connectivity index (χ0) is 9.68. The van der Waals surface area contributed by atoms with E-state index in [9.17, 15) is 4.79 Å². The molecule has 1 aromatic rings. The van der Waals surface area contributed by atoms with Crippen molar-refractivity contribution in [1.82, 2.24) is 10.3 Å². The Morgan fingerprint density at radius 1 is 1.77 bits per heavy atom. The Labute approximate surface area is 80.6 Å². The summed E-state index contributed by atoms with van der Waals surface area (Å²) in [4.78, 5) is 14.9. The molecule has 1 amide bonds. The van der Waals surface area contributed by atoms with Gasteiger partial charge < -0.3 is 10.4 Å². The van der Waals surface area contributed by atoms with Gasteiger partial charge in [-0.05, 0) is 6.42 Å². The van der Waals surface area contributed by atoms with Crippen LogP contribution >= 0.6 is 11.3 Å². The van der Waals surface area contributed by atoms with Crippen LogP contribution in [0.1, 0.15) is 29.6 Å². The summed E-state index contributed by atoms with van der Waals surface area (Å²) < 4.78 is 0. The summed E-state index contributed by atoms with van der Waals surface area (Å²) in [6, 6.07) is 0. The highest BCUT2D eigenvalue weighted by molar-refractivity contribution is 7.11. The van der Waals surface area contributed by atoms with Crippen LogP contribution in [-0.2, 0) is 0 Å². The zero-order valence-electron chi connectivity index (χ0n) is 7.41. The van der Waals surface area contributed by atoms with E-state index in [-0.39, 0.29) is 11.8 Å². The molecule has 0 spiro atoms. The van der Waals surface area contributed by atoms with Crippen molar-refractivity contribution in [3.63, 3.8) is 0 Å². The van der Waals surface area contributed by atoms with Crippen LogP contribution in [0.15, 0.2) is 5.38 Å². The fourth-order valence-electron chi connectivity index (χ4n) is 0.824. The average Bonchev–Trinajstić information content (AvgIpc) is 2.52. The summed E-state index contributed by atoms with van der Waals surface area (Å²) in [6.45, 7) is 2.72. The van der Waals surface area contributed by atoms with Gasteiger partial charge in [-0.25, -0.2) is 0 Å². The maximum atomic E-state index is 11.3. The number of carbonyl (C=O) groups excluding carboxylic acids is 1. The van der Waals surface area contributed by atoms with Gasteiger partial charge in [-0.15, -0.1) is 11.3 Å². The maximum Gasteiger partial charge on any atom is 0.280 e. The van der Waals surface area contributed by atoms with Crippen molar-refractivity contribution in [3.05, 3.63) is 10.4 Å². The van der Waals surface area contributed by atoms with Crippen molar-refractivity contribution in [2.24, 2.45) is 0 Å². The van der Waals surface area contributed by atoms with Gasteiger partial charge in [0.25, 0.3) is 5.91 Å². The number of rotatable bonds is 4. The summed E-state index contributed by atoms with van der Waals surface area (Å²) in [7, 11) is 0.